The third-order valence-corrected chi connectivity index (χ3v) is 13.7. The molecule has 1 saturated heterocycles. The zero-order chi connectivity index (χ0) is 32.0. The number of fused-ring (bicyclic) bond motifs is 5. The number of carbonyl (C=O) groups is 1. The normalized spacial score (nSPS) is 45.1. The summed E-state index contributed by atoms with van der Waals surface area (Å²) >= 11 is 0. The summed E-state index contributed by atoms with van der Waals surface area (Å²) in [5, 5.41) is 31.5. The van der Waals surface area contributed by atoms with Crippen molar-refractivity contribution in [3.63, 3.8) is 0 Å². The summed E-state index contributed by atoms with van der Waals surface area (Å²) in [5.74, 6) is 5.08. The van der Waals surface area contributed by atoms with Crippen LogP contribution in [-0.4, -0.2) is 64.7 Å². The molecule has 252 valence electrons. The maximum absolute atomic E-state index is 11.3. The maximum atomic E-state index is 11.3. The topological polar surface area (TPSA) is 105 Å². The van der Waals surface area contributed by atoms with Crippen molar-refractivity contribution < 1.29 is 34.3 Å². The van der Waals surface area contributed by atoms with E-state index in [4.69, 9.17) is 14.2 Å². The molecule has 0 aromatic rings. The number of aliphatic hydroxyl groups excluding tert-OH is 3. The highest BCUT2D eigenvalue weighted by Crippen LogP contribution is 2.67. The largest absolute Gasteiger partial charge is 0.463 e. The maximum Gasteiger partial charge on any atom is 0.302 e. The molecule has 5 aliphatic rings. The molecule has 0 aromatic carbocycles. The number of rotatable bonds is 10. The quantitative estimate of drug-likeness (QED) is 0.192. The lowest BCUT2D eigenvalue weighted by Gasteiger charge is -2.58. The molecule has 0 radical (unpaired) electrons. The zero-order valence-electron chi connectivity index (χ0n) is 28.5. The van der Waals surface area contributed by atoms with E-state index in [0.717, 1.165) is 61.2 Å². The average Bonchev–Trinajstić information content (AvgIpc) is 3.34. The number of aliphatic hydroxyl groups is 3. The molecule has 14 atom stereocenters. The lowest BCUT2D eigenvalue weighted by atomic mass is 9.47. The first kappa shape index (κ1) is 34.3. The van der Waals surface area contributed by atoms with E-state index >= 15 is 0 Å². The number of esters is 1. The Kier molecular flexibility index (Phi) is 10.6. The second kappa shape index (κ2) is 13.6. The van der Waals surface area contributed by atoms with Gasteiger partial charge in [0.25, 0.3) is 0 Å². The van der Waals surface area contributed by atoms with Gasteiger partial charge in [-0.2, -0.15) is 0 Å². The van der Waals surface area contributed by atoms with Crippen LogP contribution >= 0.6 is 0 Å². The molecule has 0 bridgehead atoms. The molecule has 7 heteroatoms. The molecule has 0 spiro atoms. The summed E-state index contributed by atoms with van der Waals surface area (Å²) in [4.78, 5) is 11.3. The number of ether oxygens (including phenoxy) is 3. The third-order valence-electron chi connectivity index (χ3n) is 13.7. The summed E-state index contributed by atoms with van der Waals surface area (Å²) in [6.07, 6.45) is 9.58. The third kappa shape index (κ3) is 6.43. The van der Waals surface area contributed by atoms with Gasteiger partial charge in [-0.05, 0) is 110 Å². The summed E-state index contributed by atoms with van der Waals surface area (Å²) in [5.41, 5.74) is 2.13. The molecule has 4 aliphatic carbocycles. The Bertz CT molecular complexity index is 1030. The molecule has 0 unspecified atom stereocenters. The fourth-order valence-corrected chi connectivity index (χ4v) is 11.0. The van der Waals surface area contributed by atoms with Crippen molar-refractivity contribution in [2.75, 3.05) is 6.61 Å². The molecule has 1 heterocycles. The highest BCUT2D eigenvalue weighted by molar-refractivity contribution is 5.65. The summed E-state index contributed by atoms with van der Waals surface area (Å²) in [6, 6.07) is 0. The SMILES string of the molecule is CC[C@H](CC[C@@H](C)[C@H]1CC[C@H]2[C@@H]3CC=C4C[C@@H](O[C@@H]5O[C@H](COC(C)=O)[C@@H](O)[C@H](O)[C@H]5O)CC[C@]4(C)[C@H]3CC[C@]12C)C(C)C. The van der Waals surface area contributed by atoms with Crippen LogP contribution in [0, 0.1) is 52.3 Å². The predicted molar refractivity (Wildman–Crippen MR) is 170 cm³/mol. The molecule has 1 aliphatic heterocycles. The smallest absolute Gasteiger partial charge is 0.302 e. The Labute approximate surface area is 266 Å². The molecule has 0 amide bonds. The molecular weight excluding hydrogens is 556 g/mol. The van der Waals surface area contributed by atoms with Gasteiger partial charge in [0, 0.05) is 6.92 Å². The molecule has 4 fully saturated rings. The number of hydrogen-bond donors (Lipinski definition) is 3. The van der Waals surface area contributed by atoms with Gasteiger partial charge in [0.05, 0.1) is 6.10 Å². The minimum Gasteiger partial charge on any atom is -0.463 e. The molecule has 7 nitrogen and oxygen atoms in total. The van der Waals surface area contributed by atoms with Gasteiger partial charge in [-0.25, -0.2) is 0 Å². The molecule has 5 rings (SSSR count). The van der Waals surface area contributed by atoms with Crippen molar-refractivity contribution in [3.8, 4) is 0 Å². The van der Waals surface area contributed by atoms with Crippen LogP contribution in [-0.2, 0) is 19.0 Å². The minimum absolute atomic E-state index is 0.134. The van der Waals surface area contributed by atoms with Crippen molar-refractivity contribution >= 4 is 5.97 Å². The van der Waals surface area contributed by atoms with Gasteiger partial charge in [0.2, 0.25) is 0 Å². The van der Waals surface area contributed by atoms with Crippen molar-refractivity contribution in [2.24, 2.45) is 52.3 Å². The summed E-state index contributed by atoms with van der Waals surface area (Å²) in [6.45, 7) is 15.9. The van der Waals surface area contributed by atoms with Crippen LogP contribution in [0.3, 0.4) is 0 Å². The lowest BCUT2D eigenvalue weighted by Crippen LogP contribution is -2.60. The number of hydrogen-bond acceptors (Lipinski definition) is 7. The second-order valence-corrected chi connectivity index (χ2v) is 16.3. The average molecular weight is 619 g/mol. The van der Waals surface area contributed by atoms with Crippen molar-refractivity contribution in [3.05, 3.63) is 11.6 Å². The van der Waals surface area contributed by atoms with Gasteiger partial charge >= 0.3 is 5.97 Å². The second-order valence-electron chi connectivity index (χ2n) is 16.3. The molecular formula is C37H62O7. The van der Waals surface area contributed by atoms with Gasteiger partial charge in [-0.1, -0.05) is 66.0 Å². The van der Waals surface area contributed by atoms with Crippen molar-refractivity contribution in [1.29, 1.82) is 0 Å². The Morgan fingerprint density at radius 3 is 2.43 bits per heavy atom. The first-order valence-corrected chi connectivity index (χ1v) is 18.0. The summed E-state index contributed by atoms with van der Waals surface area (Å²) in [7, 11) is 0. The van der Waals surface area contributed by atoms with Gasteiger partial charge in [-0.3, -0.25) is 4.79 Å². The van der Waals surface area contributed by atoms with E-state index < -0.39 is 36.7 Å². The van der Waals surface area contributed by atoms with E-state index in [0.29, 0.717) is 11.3 Å². The minimum atomic E-state index is -1.43. The van der Waals surface area contributed by atoms with Crippen LogP contribution in [0.2, 0.25) is 0 Å². The number of allylic oxidation sites excluding steroid dienone is 1. The van der Waals surface area contributed by atoms with E-state index in [1.54, 1.807) is 0 Å². The van der Waals surface area contributed by atoms with Gasteiger partial charge < -0.3 is 29.5 Å². The molecule has 0 aromatic heterocycles. The van der Waals surface area contributed by atoms with E-state index in [1.807, 2.05) is 0 Å². The Balaban J connectivity index is 1.22. The van der Waals surface area contributed by atoms with E-state index in [-0.39, 0.29) is 18.1 Å². The van der Waals surface area contributed by atoms with E-state index in [2.05, 4.69) is 47.6 Å². The first-order valence-electron chi connectivity index (χ1n) is 18.0. The predicted octanol–water partition coefficient (Wildman–Crippen LogP) is 6.42. The molecule has 44 heavy (non-hydrogen) atoms. The Morgan fingerprint density at radius 2 is 1.75 bits per heavy atom. The zero-order valence-corrected chi connectivity index (χ0v) is 28.5. The summed E-state index contributed by atoms with van der Waals surface area (Å²) < 4.78 is 17.2. The number of carbonyl (C=O) groups excluding carboxylic acids is 1. The molecule has 3 N–H and O–H groups in total. The van der Waals surface area contributed by atoms with Crippen LogP contribution in [0.15, 0.2) is 11.6 Å². The first-order chi connectivity index (χ1) is 20.8. The van der Waals surface area contributed by atoms with Crippen LogP contribution in [0.25, 0.3) is 0 Å². The van der Waals surface area contributed by atoms with Gasteiger partial charge in [0.1, 0.15) is 31.0 Å². The highest BCUT2D eigenvalue weighted by Gasteiger charge is 2.59. The monoisotopic (exact) mass is 618 g/mol. The van der Waals surface area contributed by atoms with Gasteiger partial charge in [-0.15, -0.1) is 0 Å². The highest BCUT2D eigenvalue weighted by atomic mass is 16.7. The Hall–Kier alpha value is -0.990. The molecule has 3 saturated carbocycles. The van der Waals surface area contributed by atoms with Crippen molar-refractivity contribution in [1.82, 2.24) is 0 Å². The fourth-order valence-electron chi connectivity index (χ4n) is 11.0. The van der Waals surface area contributed by atoms with Gasteiger partial charge in [0.15, 0.2) is 6.29 Å². The standard InChI is InChI=1S/C37H62O7/c1-8-24(21(2)3)10-9-22(4)28-13-14-29-27-12-11-25-19-26(15-17-36(25,6)30(27)16-18-37(28,29)7)43-35-34(41)33(40)32(39)31(44-35)20-42-23(5)38/h11,21-22,24,26-35,39-41H,8-10,12-20H2,1-7H3/t22-,24-,26+,27+,28-,29+,30+,31-,32-,33+,34-,35-,36+,37-/m1/s1. The van der Waals surface area contributed by atoms with E-state index in [1.165, 1.54) is 57.4 Å². The van der Waals surface area contributed by atoms with Crippen LogP contribution < -0.4 is 0 Å². The Morgan fingerprint density at radius 1 is 1.00 bits per heavy atom. The van der Waals surface area contributed by atoms with Crippen LogP contribution in [0.4, 0.5) is 0 Å². The fraction of sp³-hybridized carbons (Fsp3) is 0.919. The lowest BCUT2D eigenvalue weighted by molar-refractivity contribution is -0.313. The van der Waals surface area contributed by atoms with Crippen molar-refractivity contribution in [2.45, 2.75) is 156 Å². The van der Waals surface area contributed by atoms with Crippen LogP contribution in [0.1, 0.15) is 119 Å². The van der Waals surface area contributed by atoms with E-state index in [9.17, 15) is 20.1 Å². The van der Waals surface area contributed by atoms with Crippen LogP contribution in [0.5, 0.6) is 0 Å².